The number of halogens is 3. The molecule has 0 spiro atoms. The van der Waals surface area contributed by atoms with Gasteiger partial charge in [-0.2, -0.15) is 0 Å². The molecule has 0 aliphatic rings. The Morgan fingerprint density at radius 2 is 1.94 bits per heavy atom. The molecule has 0 aromatic heterocycles. The zero-order valence-corrected chi connectivity index (χ0v) is 11.2. The second kappa shape index (κ2) is 8.11. The van der Waals surface area contributed by atoms with Gasteiger partial charge in [-0.05, 0) is 24.6 Å². The van der Waals surface area contributed by atoms with Crippen molar-refractivity contribution in [2.45, 2.75) is 25.8 Å². The zero-order valence-electron chi connectivity index (χ0n) is 10.4. The van der Waals surface area contributed by atoms with Gasteiger partial charge in [0.05, 0.1) is 13.7 Å². The van der Waals surface area contributed by atoms with E-state index in [1.165, 1.54) is 7.11 Å². The van der Waals surface area contributed by atoms with Crippen LogP contribution in [0.1, 0.15) is 24.9 Å². The van der Waals surface area contributed by atoms with Crippen LogP contribution in [0, 0.1) is 0 Å². The first kappa shape index (κ1) is 16.9. The highest BCUT2D eigenvalue weighted by Crippen LogP contribution is 2.31. The van der Waals surface area contributed by atoms with Crippen molar-refractivity contribution in [1.29, 1.82) is 0 Å². The molecule has 2 N–H and O–H groups in total. The van der Waals surface area contributed by atoms with Crippen LogP contribution in [0.5, 0.6) is 11.5 Å². The van der Waals surface area contributed by atoms with Crippen LogP contribution in [0.2, 0.25) is 0 Å². The first-order valence-electron chi connectivity index (χ1n) is 5.43. The lowest BCUT2D eigenvalue weighted by Gasteiger charge is -2.15. The van der Waals surface area contributed by atoms with Crippen LogP contribution >= 0.6 is 12.4 Å². The molecule has 1 atom stereocenters. The van der Waals surface area contributed by atoms with Crippen molar-refractivity contribution in [3.8, 4) is 11.5 Å². The van der Waals surface area contributed by atoms with E-state index in [0.29, 0.717) is 23.7 Å². The molecule has 0 radical (unpaired) electrons. The summed E-state index contributed by atoms with van der Waals surface area (Å²) in [5, 5.41) is 0. The molecule has 0 fully saturated rings. The number of benzene rings is 1. The zero-order chi connectivity index (χ0) is 12.8. The van der Waals surface area contributed by atoms with Crippen molar-refractivity contribution in [2.24, 2.45) is 5.73 Å². The predicted octanol–water partition coefficient (Wildman–Crippen LogP) is 3.17. The Balaban J connectivity index is 0.00000289. The largest absolute Gasteiger partial charge is 0.493 e. The number of hydrogen-bond donors (Lipinski definition) is 1. The average Bonchev–Trinajstić information content (AvgIpc) is 2.29. The van der Waals surface area contributed by atoms with Crippen LogP contribution in [-0.4, -0.2) is 20.1 Å². The average molecular weight is 282 g/mol. The highest BCUT2D eigenvalue weighted by atomic mass is 35.5. The molecule has 0 aliphatic heterocycles. The third kappa shape index (κ3) is 4.66. The van der Waals surface area contributed by atoms with Crippen LogP contribution in [0.15, 0.2) is 18.2 Å². The van der Waals surface area contributed by atoms with Crippen molar-refractivity contribution >= 4 is 12.4 Å². The molecule has 6 heteroatoms. The molecular weight excluding hydrogens is 264 g/mol. The van der Waals surface area contributed by atoms with Crippen LogP contribution < -0.4 is 15.2 Å². The topological polar surface area (TPSA) is 44.5 Å². The predicted molar refractivity (Wildman–Crippen MR) is 69.0 cm³/mol. The van der Waals surface area contributed by atoms with Crippen molar-refractivity contribution in [3.63, 3.8) is 0 Å². The standard InChI is InChI=1S/C12H17F2NO2.ClH/c1-3-17-10-5-4-8(6-11(10)16-2)9(15)7-12(13)14;/h4-6,9,12H,3,7,15H2,1-2H3;1H/t9-;/m0./s1. The fraction of sp³-hybridized carbons (Fsp3) is 0.500. The summed E-state index contributed by atoms with van der Waals surface area (Å²) in [6.45, 7) is 2.37. The van der Waals surface area contributed by atoms with Crippen LogP contribution in [0.25, 0.3) is 0 Å². The van der Waals surface area contributed by atoms with E-state index in [2.05, 4.69) is 0 Å². The van der Waals surface area contributed by atoms with E-state index in [1.807, 2.05) is 6.92 Å². The lowest BCUT2D eigenvalue weighted by atomic mass is 10.0. The molecule has 1 aromatic carbocycles. The van der Waals surface area contributed by atoms with E-state index in [4.69, 9.17) is 15.2 Å². The van der Waals surface area contributed by atoms with E-state index in [9.17, 15) is 8.78 Å². The molecule has 0 heterocycles. The molecule has 1 aromatic rings. The molecule has 0 unspecified atom stereocenters. The Hall–Kier alpha value is -1.07. The summed E-state index contributed by atoms with van der Waals surface area (Å²) in [6.07, 6.45) is -2.78. The number of nitrogens with two attached hydrogens (primary N) is 1. The Bertz CT molecular complexity index is 364. The first-order valence-corrected chi connectivity index (χ1v) is 5.43. The van der Waals surface area contributed by atoms with Gasteiger partial charge >= 0.3 is 0 Å². The molecule has 0 amide bonds. The third-order valence-electron chi connectivity index (χ3n) is 2.35. The summed E-state index contributed by atoms with van der Waals surface area (Å²) >= 11 is 0. The van der Waals surface area contributed by atoms with E-state index >= 15 is 0 Å². The van der Waals surface area contributed by atoms with Crippen LogP contribution in [0.3, 0.4) is 0 Å². The highest BCUT2D eigenvalue weighted by Gasteiger charge is 2.15. The highest BCUT2D eigenvalue weighted by molar-refractivity contribution is 5.85. The van der Waals surface area contributed by atoms with Gasteiger partial charge in [0.15, 0.2) is 11.5 Å². The van der Waals surface area contributed by atoms with Gasteiger partial charge in [-0.15, -0.1) is 12.4 Å². The maximum atomic E-state index is 12.2. The van der Waals surface area contributed by atoms with Gasteiger partial charge < -0.3 is 15.2 Å². The number of rotatable bonds is 6. The summed E-state index contributed by atoms with van der Waals surface area (Å²) in [7, 11) is 1.50. The van der Waals surface area contributed by atoms with Gasteiger partial charge in [0, 0.05) is 12.5 Å². The smallest absolute Gasteiger partial charge is 0.240 e. The maximum absolute atomic E-state index is 12.2. The summed E-state index contributed by atoms with van der Waals surface area (Å²) < 4.78 is 34.9. The molecule has 18 heavy (non-hydrogen) atoms. The van der Waals surface area contributed by atoms with Crippen molar-refractivity contribution in [1.82, 2.24) is 0 Å². The first-order chi connectivity index (χ1) is 8.08. The van der Waals surface area contributed by atoms with Crippen molar-refractivity contribution in [3.05, 3.63) is 23.8 Å². The number of hydrogen-bond acceptors (Lipinski definition) is 3. The number of methoxy groups -OCH3 is 1. The Kier molecular flexibility index (Phi) is 7.62. The summed E-state index contributed by atoms with van der Waals surface area (Å²) in [5.74, 6) is 1.09. The third-order valence-corrected chi connectivity index (χ3v) is 2.35. The maximum Gasteiger partial charge on any atom is 0.240 e. The fourth-order valence-corrected chi connectivity index (χ4v) is 1.52. The van der Waals surface area contributed by atoms with Crippen LogP contribution in [-0.2, 0) is 0 Å². The van der Waals surface area contributed by atoms with Gasteiger partial charge in [0.2, 0.25) is 6.43 Å². The Labute approximate surface area is 112 Å². The van der Waals surface area contributed by atoms with E-state index in [-0.39, 0.29) is 18.8 Å². The quantitative estimate of drug-likeness (QED) is 0.871. The second-order valence-corrected chi connectivity index (χ2v) is 3.58. The molecule has 0 saturated heterocycles. The van der Waals surface area contributed by atoms with E-state index in [0.717, 1.165) is 0 Å². The van der Waals surface area contributed by atoms with Gasteiger partial charge in [0.1, 0.15) is 0 Å². The van der Waals surface area contributed by atoms with Crippen LogP contribution in [0.4, 0.5) is 8.78 Å². The molecule has 0 saturated carbocycles. The van der Waals surface area contributed by atoms with Crippen molar-refractivity contribution < 1.29 is 18.3 Å². The van der Waals surface area contributed by atoms with Gasteiger partial charge in [0.25, 0.3) is 0 Å². The molecule has 104 valence electrons. The van der Waals surface area contributed by atoms with Gasteiger partial charge in [-0.25, -0.2) is 8.78 Å². The molecule has 3 nitrogen and oxygen atoms in total. The Morgan fingerprint density at radius 1 is 1.28 bits per heavy atom. The monoisotopic (exact) mass is 281 g/mol. The number of alkyl halides is 2. The Morgan fingerprint density at radius 3 is 2.44 bits per heavy atom. The molecular formula is C12H18ClF2NO2. The minimum Gasteiger partial charge on any atom is -0.493 e. The normalized spacial score (nSPS) is 11.9. The van der Waals surface area contributed by atoms with Gasteiger partial charge in [-0.3, -0.25) is 0 Å². The van der Waals surface area contributed by atoms with Crippen molar-refractivity contribution in [2.75, 3.05) is 13.7 Å². The SMILES string of the molecule is CCOc1ccc([C@@H](N)CC(F)F)cc1OC.Cl. The minimum atomic E-state index is -2.41. The van der Waals surface area contributed by atoms with E-state index < -0.39 is 12.5 Å². The van der Waals surface area contributed by atoms with E-state index in [1.54, 1.807) is 18.2 Å². The fourth-order valence-electron chi connectivity index (χ4n) is 1.52. The minimum absolute atomic E-state index is 0. The lowest BCUT2D eigenvalue weighted by molar-refractivity contribution is 0.128. The second-order valence-electron chi connectivity index (χ2n) is 3.58. The van der Waals surface area contributed by atoms with Gasteiger partial charge in [-0.1, -0.05) is 6.07 Å². The molecule has 0 bridgehead atoms. The summed E-state index contributed by atoms with van der Waals surface area (Å²) in [6, 6.07) is 4.31. The summed E-state index contributed by atoms with van der Waals surface area (Å²) in [5.41, 5.74) is 6.28. The summed E-state index contributed by atoms with van der Waals surface area (Å²) in [4.78, 5) is 0. The molecule has 1 rings (SSSR count). The molecule has 0 aliphatic carbocycles. The number of ether oxygens (including phenoxy) is 2. The lowest BCUT2D eigenvalue weighted by Crippen LogP contribution is -2.14.